The number of nitrogens with one attached hydrogen (secondary N) is 1. The van der Waals surface area contributed by atoms with Crippen LogP contribution in [0.3, 0.4) is 0 Å². The Morgan fingerprint density at radius 3 is 2.86 bits per heavy atom. The molecule has 1 aromatic carbocycles. The van der Waals surface area contributed by atoms with Gasteiger partial charge < -0.3 is 10.2 Å². The zero-order valence-electron chi connectivity index (χ0n) is 11.9. The molecule has 0 aromatic heterocycles. The van der Waals surface area contributed by atoms with E-state index in [2.05, 4.69) is 10.2 Å². The first-order valence-corrected chi connectivity index (χ1v) is 7.61. The van der Waals surface area contributed by atoms with Crippen LogP contribution in [0.2, 0.25) is 0 Å². The lowest BCUT2D eigenvalue weighted by molar-refractivity contribution is -0.384. The lowest BCUT2D eigenvalue weighted by Crippen LogP contribution is -2.50. The van der Waals surface area contributed by atoms with Gasteiger partial charge in [0.15, 0.2) is 0 Å². The van der Waals surface area contributed by atoms with Crippen molar-refractivity contribution in [2.75, 3.05) is 18.0 Å². The number of halogens is 1. The zero-order valence-corrected chi connectivity index (χ0v) is 11.9. The van der Waals surface area contributed by atoms with Crippen LogP contribution in [0.5, 0.6) is 0 Å². The summed E-state index contributed by atoms with van der Waals surface area (Å²) in [5.41, 5.74) is 0.430. The summed E-state index contributed by atoms with van der Waals surface area (Å²) in [4.78, 5) is 12.9. The fraction of sp³-hybridized carbons (Fsp3) is 0.600. The summed E-state index contributed by atoms with van der Waals surface area (Å²) in [6, 6.07) is 4.56. The fourth-order valence-electron chi connectivity index (χ4n) is 3.60. The molecule has 0 bridgehead atoms. The van der Waals surface area contributed by atoms with Gasteiger partial charge >= 0.3 is 0 Å². The Kier molecular flexibility index (Phi) is 4.05. The maximum atomic E-state index is 13.3. The molecule has 1 N–H and O–H groups in total. The van der Waals surface area contributed by atoms with Crippen molar-refractivity contribution in [2.24, 2.45) is 0 Å². The van der Waals surface area contributed by atoms with Gasteiger partial charge in [-0.3, -0.25) is 10.1 Å². The van der Waals surface area contributed by atoms with Crippen LogP contribution in [0.4, 0.5) is 15.8 Å². The molecule has 3 rings (SSSR count). The number of piperidine rings is 1. The Morgan fingerprint density at radius 1 is 1.29 bits per heavy atom. The molecule has 2 fully saturated rings. The van der Waals surface area contributed by atoms with Gasteiger partial charge in [0.05, 0.1) is 11.0 Å². The Bertz CT molecular complexity index is 532. The Labute approximate surface area is 123 Å². The minimum absolute atomic E-state index is 0.125. The van der Waals surface area contributed by atoms with Crippen molar-refractivity contribution >= 4 is 11.4 Å². The number of nitro benzene ring substituents is 1. The maximum absolute atomic E-state index is 13.3. The molecule has 6 heteroatoms. The van der Waals surface area contributed by atoms with E-state index in [1.54, 1.807) is 6.07 Å². The highest BCUT2D eigenvalue weighted by molar-refractivity contribution is 5.64. The summed E-state index contributed by atoms with van der Waals surface area (Å²) >= 11 is 0. The van der Waals surface area contributed by atoms with Gasteiger partial charge in [-0.1, -0.05) is 0 Å². The molecule has 0 radical (unpaired) electrons. The molecule has 0 aliphatic carbocycles. The standard InChI is InChI=1S/C15H20FN3O2/c16-11-6-7-14(15(10-11)19(20)21)18-9-2-1-5-13(18)12-4-3-8-17-12/h6-7,10,12-13,17H,1-5,8-9H2. The van der Waals surface area contributed by atoms with Crippen molar-refractivity contribution in [1.82, 2.24) is 5.32 Å². The molecular formula is C15H20FN3O2. The Morgan fingerprint density at radius 2 is 2.14 bits per heavy atom. The van der Waals surface area contributed by atoms with Crippen LogP contribution >= 0.6 is 0 Å². The molecule has 2 atom stereocenters. The van der Waals surface area contributed by atoms with Gasteiger partial charge in [-0.05, 0) is 50.8 Å². The number of hydrogen-bond acceptors (Lipinski definition) is 4. The predicted molar refractivity (Wildman–Crippen MR) is 79.1 cm³/mol. The number of benzene rings is 1. The third kappa shape index (κ3) is 2.85. The lowest BCUT2D eigenvalue weighted by atomic mass is 9.93. The van der Waals surface area contributed by atoms with Crippen LogP contribution in [-0.4, -0.2) is 30.1 Å². The molecule has 2 aliphatic heterocycles. The summed E-state index contributed by atoms with van der Waals surface area (Å²) in [6.45, 7) is 1.82. The normalized spacial score (nSPS) is 26.0. The molecule has 114 valence electrons. The number of anilines is 1. The summed E-state index contributed by atoms with van der Waals surface area (Å²) in [6.07, 6.45) is 5.47. The van der Waals surface area contributed by atoms with Crippen LogP contribution in [-0.2, 0) is 0 Å². The second kappa shape index (κ2) is 5.97. The van der Waals surface area contributed by atoms with Gasteiger partial charge in [-0.25, -0.2) is 4.39 Å². The molecule has 0 amide bonds. The largest absolute Gasteiger partial charge is 0.361 e. The third-order valence-corrected chi connectivity index (χ3v) is 4.56. The average Bonchev–Trinajstić information content (AvgIpc) is 3.01. The second-order valence-corrected chi connectivity index (χ2v) is 5.85. The van der Waals surface area contributed by atoms with Crippen molar-refractivity contribution in [3.8, 4) is 0 Å². The molecule has 1 aromatic rings. The van der Waals surface area contributed by atoms with E-state index in [-0.39, 0.29) is 11.7 Å². The monoisotopic (exact) mass is 293 g/mol. The minimum atomic E-state index is -0.557. The van der Waals surface area contributed by atoms with Crippen molar-refractivity contribution < 1.29 is 9.31 Å². The van der Waals surface area contributed by atoms with Crippen molar-refractivity contribution in [1.29, 1.82) is 0 Å². The van der Waals surface area contributed by atoms with E-state index < -0.39 is 10.7 Å². The van der Waals surface area contributed by atoms with Crippen molar-refractivity contribution in [3.63, 3.8) is 0 Å². The number of hydrogen-bond donors (Lipinski definition) is 1. The van der Waals surface area contributed by atoms with E-state index in [0.717, 1.165) is 51.3 Å². The van der Waals surface area contributed by atoms with E-state index in [1.165, 1.54) is 6.07 Å². The molecule has 21 heavy (non-hydrogen) atoms. The lowest BCUT2D eigenvalue weighted by Gasteiger charge is -2.40. The van der Waals surface area contributed by atoms with Crippen LogP contribution in [0.15, 0.2) is 18.2 Å². The van der Waals surface area contributed by atoms with E-state index in [1.807, 2.05) is 0 Å². The topological polar surface area (TPSA) is 58.4 Å². The molecule has 2 aliphatic rings. The van der Waals surface area contributed by atoms with Crippen molar-refractivity contribution in [3.05, 3.63) is 34.1 Å². The third-order valence-electron chi connectivity index (χ3n) is 4.56. The molecular weight excluding hydrogens is 273 g/mol. The molecule has 0 spiro atoms. The first-order valence-electron chi connectivity index (χ1n) is 7.61. The number of rotatable bonds is 3. The molecule has 0 saturated carbocycles. The quantitative estimate of drug-likeness (QED) is 0.687. The van der Waals surface area contributed by atoms with Crippen LogP contribution in [0.25, 0.3) is 0 Å². The number of nitro groups is 1. The fourth-order valence-corrected chi connectivity index (χ4v) is 3.60. The predicted octanol–water partition coefficient (Wildman–Crippen LogP) is 2.84. The maximum Gasteiger partial charge on any atom is 0.295 e. The first-order chi connectivity index (χ1) is 10.2. The molecule has 2 unspecified atom stereocenters. The van der Waals surface area contributed by atoms with Gasteiger partial charge in [0.2, 0.25) is 0 Å². The van der Waals surface area contributed by atoms with Gasteiger partial charge in [-0.15, -0.1) is 0 Å². The average molecular weight is 293 g/mol. The first kappa shape index (κ1) is 14.3. The van der Waals surface area contributed by atoms with E-state index >= 15 is 0 Å². The SMILES string of the molecule is O=[N+]([O-])c1cc(F)ccc1N1CCCCC1C1CCCN1. The van der Waals surface area contributed by atoms with Crippen molar-refractivity contribution in [2.45, 2.75) is 44.2 Å². The zero-order chi connectivity index (χ0) is 14.8. The molecule has 2 saturated heterocycles. The van der Waals surface area contributed by atoms with Gasteiger partial charge in [0.25, 0.3) is 5.69 Å². The highest BCUT2D eigenvalue weighted by atomic mass is 19.1. The van der Waals surface area contributed by atoms with E-state index in [9.17, 15) is 14.5 Å². The second-order valence-electron chi connectivity index (χ2n) is 5.85. The molecule has 5 nitrogen and oxygen atoms in total. The van der Waals surface area contributed by atoms with E-state index in [4.69, 9.17) is 0 Å². The highest BCUT2D eigenvalue weighted by Gasteiger charge is 2.34. The van der Waals surface area contributed by atoms with Crippen LogP contribution < -0.4 is 10.2 Å². The Hall–Kier alpha value is -1.69. The van der Waals surface area contributed by atoms with Gasteiger partial charge in [0, 0.05) is 18.6 Å². The van der Waals surface area contributed by atoms with Gasteiger partial charge in [0.1, 0.15) is 11.5 Å². The van der Waals surface area contributed by atoms with Crippen LogP contribution in [0, 0.1) is 15.9 Å². The minimum Gasteiger partial charge on any atom is -0.361 e. The smallest absolute Gasteiger partial charge is 0.295 e. The summed E-state index contributed by atoms with van der Waals surface area (Å²) in [7, 11) is 0. The summed E-state index contributed by atoms with van der Waals surface area (Å²) in [5.74, 6) is -0.557. The van der Waals surface area contributed by atoms with Crippen LogP contribution in [0.1, 0.15) is 32.1 Å². The summed E-state index contributed by atoms with van der Waals surface area (Å²) < 4.78 is 13.3. The van der Waals surface area contributed by atoms with Gasteiger partial charge in [-0.2, -0.15) is 0 Å². The summed E-state index contributed by atoms with van der Waals surface area (Å²) in [5, 5.41) is 14.7. The molecule has 2 heterocycles. The Balaban J connectivity index is 1.94. The highest BCUT2D eigenvalue weighted by Crippen LogP contribution is 2.35. The number of nitrogens with zero attached hydrogens (tertiary/aromatic N) is 2. The van der Waals surface area contributed by atoms with E-state index in [0.29, 0.717) is 11.7 Å².